The number of amides is 1. The van der Waals surface area contributed by atoms with Crippen LogP contribution in [0.25, 0.3) is 0 Å². The number of pyridine rings is 1. The van der Waals surface area contributed by atoms with Crippen LogP contribution in [0.2, 0.25) is 0 Å². The second kappa shape index (κ2) is 5.90. The maximum Gasteiger partial charge on any atom is 0.308 e. The highest BCUT2D eigenvalue weighted by atomic mass is 16.5. The lowest BCUT2D eigenvalue weighted by atomic mass is 9.99. The first-order valence-electron chi connectivity index (χ1n) is 6.57. The Kier molecular flexibility index (Phi) is 4.22. The third-order valence-electron chi connectivity index (χ3n) is 3.54. The molecule has 1 amide bonds. The van der Waals surface area contributed by atoms with Gasteiger partial charge in [-0.1, -0.05) is 6.92 Å². The Morgan fingerprint density at radius 2 is 2.25 bits per heavy atom. The maximum atomic E-state index is 12.3. The van der Waals surface area contributed by atoms with Crippen molar-refractivity contribution in [3.05, 3.63) is 24.5 Å². The number of carbonyl (C=O) groups excluding carboxylic acids is 1. The van der Waals surface area contributed by atoms with Crippen LogP contribution in [-0.4, -0.2) is 46.1 Å². The molecule has 1 fully saturated rings. The summed E-state index contributed by atoms with van der Waals surface area (Å²) in [5, 5.41) is 9.08. The fourth-order valence-corrected chi connectivity index (χ4v) is 2.40. The van der Waals surface area contributed by atoms with E-state index in [1.807, 2.05) is 6.92 Å². The molecule has 1 N–H and O–H groups in total. The molecule has 0 radical (unpaired) electrons. The molecule has 1 aliphatic heterocycles. The van der Waals surface area contributed by atoms with E-state index in [2.05, 4.69) is 4.98 Å². The summed E-state index contributed by atoms with van der Waals surface area (Å²) < 4.78 is 5.52. The van der Waals surface area contributed by atoms with Crippen molar-refractivity contribution in [1.29, 1.82) is 0 Å². The number of carboxylic acid groups (broad SMARTS) is 1. The van der Waals surface area contributed by atoms with Gasteiger partial charge in [0.05, 0.1) is 12.1 Å². The van der Waals surface area contributed by atoms with E-state index in [1.165, 1.54) is 6.20 Å². The molecule has 108 valence electrons. The monoisotopic (exact) mass is 278 g/mol. The number of carbonyl (C=O) groups is 2. The number of aromatic nitrogens is 1. The van der Waals surface area contributed by atoms with Gasteiger partial charge in [0.25, 0.3) is 5.91 Å². The Labute approximate surface area is 117 Å². The molecule has 2 heterocycles. The molecule has 0 saturated carbocycles. The normalized spacial score (nSPS) is 23.4. The van der Waals surface area contributed by atoms with Gasteiger partial charge in [-0.25, -0.2) is 0 Å². The fourth-order valence-electron chi connectivity index (χ4n) is 2.40. The van der Waals surface area contributed by atoms with Gasteiger partial charge in [0, 0.05) is 19.3 Å². The number of hydrogen-bond donors (Lipinski definition) is 1. The summed E-state index contributed by atoms with van der Waals surface area (Å²) in [6.45, 7) is 4.21. The summed E-state index contributed by atoms with van der Waals surface area (Å²) in [5.74, 6) is -1.06. The summed E-state index contributed by atoms with van der Waals surface area (Å²) in [7, 11) is 0. The van der Waals surface area contributed by atoms with E-state index < -0.39 is 18.0 Å². The predicted octanol–water partition coefficient (Wildman–Crippen LogP) is 1.03. The fraction of sp³-hybridized carbons (Fsp3) is 0.500. The minimum absolute atomic E-state index is 0.0398. The number of ether oxygens (including phenoxy) is 1. The van der Waals surface area contributed by atoms with E-state index in [9.17, 15) is 9.59 Å². The number of carboxylic acids is 1. The lowest BCUT2D eigenvalue weighted by molar-refractivity contribution is -0.142. The Bertz CT molecular complexity index is 491. The molecule has 0 aliphatic carbocycles. The topological polar surface area (TPSA) is 79.7 Å². The minimum atomic E-state index is -0.853. The van der Waals surface area contributed by atoms with Crippen molar-refractivity contribution >= 4 is 11.9 Å². The predicted molar refractivity (Wildman–Crippen MR) is 71.2 cm³/mol. The van der Waals surface area contributed by atoms with Crippen LogP contribution in [0, 0.1) is 11.8 Å². The standard InChI is InChI=1S/C14H18N2O4/c1-9-7-16(8-12(9)14(18)19)13(17)10(2)20-11-4-3-5-15-6-11/h3-6,9-10,12H,7-8H2,1-2H3,(H,18,19)/t9-,10-,12-/m1/s1. The lowest BCUT2D eigenvalue weighted by Crippen LogP contribution is -2.39. The molecule has 6 nitrogen and oxygen atoms in total. The van der Waals surface area contributed by atoms with Gasteiger partial charge in [0.1, 0.15) is 5.75 Å². The molecule has 1 aromatic heterocycles. The van der Waals surface area contributed by atoms with Crippen molar-refractivity contribution in [3.63, 3.8) is 0 Å². The summed E-state index contributed by atoms with van der Waals surface area (Å²) in [6.07, 6.45) is 2.51. The molecule has 0 unspecified atom stereocenters. The second-order valence-electron chi connectivity index (χ2n) is 5.11. The largest absolute Gasteiger partial charge is 0.481 e. The zero-order valence-electron chi connectivity index (χ0n) is 11.5. The summed E-state index contributed by atoms with van der Waals surface area (Å²) in [5.41, 5.74) is 0. The summed E-state index contributed by atoms with van der Waals surface area (Å²) in [4.78, 5) is 28.8. The van der Waals surface area contributed by atoms with Gasteiger partial charge < -0.3 is 14.7 Å². The molecular formula is C14H18N2O4. The highest BCUT2D eigenvalue weighted by molar-refractivity contribution is 5.82. The van der Waals surface area contributed by atoms with E-state index in [0.29, 0.717) is 12.3 Å². The number of likely N-dealkylation sites (tertiary alicyclic amines) is 1. The lowest BCUT2D eigenvalue weighted by Gasteiger charge is -2.21. The van der Waals surface area contributed by atoms with Gasteiger partial charge in [-0.3, -0.25) is 14.6 Å². The first-order valence-corrected chi connectivity index (χ1v) is 6.57. The third-order valence-corrected chi connectivity index (χ3v) is 3.54. The number of hydrogen-bond acceptors (Lipinski definition) is 4. The van der Waals surface area contributed by atoms with E-state index in [-0.39, 0.29) is 18.4 Å². The highest BCUT2D eigenvalue weighted by Gasteiger charge is 2.38. The minimum Gasteiger partial charge on any atom is -0.481 e. The molecule has 20 heavy (non-hydrogen) atoms. The molecular weight excluding hydrogens is 260 g/mol. The average molecular weight is 278 g/mol. The molecule has 0 bridgehead atoms. The Morgan fingerprint density at radius 3 is 2.80 bits per heavy atom. The molecule has 0 spiro atoms. The van der Waals surface area contributed by atoms with Crippen LogP contribution in [0.15, 0.2) is 24.5 Å². The van der Waals surface area contributed by atoms with E-state index >= 15 is 0 Å². The number of nitrogens with zero attached hydrogens (tertiary/aromatic N) is 2. The van der Waals surface area contributed by atoms with Gasteiger partial charge in [-0.15, -0.1) is 0 Å². The first-order chi connectivity index (χ1) is 9.49. The van der Waals surface area contributed by atoms with Gasteiger partial charge >= 0.3 is 5.97 Å². The number of rotatable bonds is 4. The van der Waals surface area contributed by atoms with E-state index in [0.717, 1.165) is 0 Å². The quantitative estimate of drug-likeness (QED) is 0.889. The van der Waals surface area contributed by atoms with Crippen molar-refractivity contribution in [2.24, 2.45) is 11.8 Å². The molecule has 2 rings (SSSR count). The molecule has 1 aromatic rings. The maximum absolute atomic E-state index is 12.3. The number of aliphatic carboxylic acids is 1. The zero-order valence-corrected chi connectivity index (χ0v) is 11.5. The SMILES string of the molecule is C[C@@H]1CN(C(=O)[C@@H](C)Oc2cccnc2)C[C@H]1C(=O)O. The molecule has 0 aromatic carbocycles. The van der Waals surface area contributed by atoms with E-state index in [1.54, 1.807) is 30.2 Å². The van der Waals surface area contributed by atoms with Crippen LogP contribution >= 0.6 is 0 Å². The average Bonchev–Trinajstić information content (AvgIpc) is 2.81. The molecule has 3 atom stereocenters. The Hall–Kier alpha value is -2.11. The van der Waals surface area contributed by atoms with Crippen LogP contribution in [0.4, 0.5) is 0 Å². The van der Waals surface area contributed by atoms with Crippen LogP contribution in [0.3, 0.4) is 0 Å². The van der Waals surface area contributed by atoms with E-state index in [4.69, 9.17) is 9.84 Å². The van der Waals surface area contributed by atoms with Crippen molar-refractivity contribution in [2.45, 2.75) is 20.0 Å². The van der Waals surface area contributed by atoms with Crippen molar-refractivity contribution in [2.75, 3.05) is 13.1 Å². The zero-order chi connectivity index (χ0) is 14.7. The van der Waals surface area contributed by atoms with Gasteiger partial charge in [-0.2, -0.15) is 0 Å². The van der Waals surface area contributed by atoms with Crippen molar-refractivity contribution in [1.82, 2.24) is 9.88 Å². The highest BCUT2D eigenvalue weighted by Crippen LogP contribution is 2.24. The van der Waals surface area contributed by atoms with Crippen LogP contribution in [0.5, 0.6) is 5.75 Å². The van der Waals surface area contributed by atoms with Crippen LogP contribution in [-0.2, 0) is 9.59 Å². The third kappa shape index (κ3) is 3.07. The summed E-state index contributed by atoms with van der Waals surface area (Å²) in [6, 6.07) is 3.45. The van der Waals surface area contributed by atoms with Crippen LogP contribution in [0.1, 0.15) is 13.8 Å². The Balaban J connectivity index is 1.96. The summed E-state index contributed by atoms with van der Waals surface area (Å²) >= 11 is 0. The Morgan fingerprint density at radius 1 is 1.50 bits per heavy atom. The van der Waals surface area contributed by atoms with Crippen LogP contribution < -0.4 is 4.74 Å². The van der Waals surface area contributed by atoms with Gasteiger partial charge in [0.15, 0.2) is 6.10 Å². The molecule has 6 heteroatoms. The molecule has 1 saturated heterocycles. The second-order valence-corrected chi connectivity index (χ2v) is 5.11. The van der Waals surface area contributed by atoms with Gasteiger partial charge in [0.2, 0.25) is 0 Å². The van der Waals surface area contributed by atoms with Crippen molar-refractivity contribution < 1.29 is 19.4 Å². The smallest absolute Gasteiger partial charge is 0.308 e. The van der Waals surface area contributed by atoms with Crippen molar-refractivity contribution in [3.8, 4) is 5.75 Å². The first kappa shape index (κ1) is 14.3. The molecule has 1 aliphatic rings. The van der Waals surface area contributed by atoms with Gasteiger partial charge in [-0.05, 0) is 25.0 Å².